The third-order valence-electron chi connectivity index (χ3n) is 3.72. The van der Waals surface area contributed by atoms with Crippen LogP contribution >= 0.6 is 11.6 Å². The first-order chi connectivity index (χ1) is 9.26. The lowest BCUT2D eigenvalue weighted by Gasteiger charge is -2.37. The van der Waals surface area contributed by atoms with Crippen molar-refractivity contribution in [1.29, 1.82) is 0 Å². The van der Waals surface area contributed by atoms with Crippen molar-refractivity contribution in [2.24, 2.45) is 11.1 Å². The van der Waals surface area contributed by atoms with Crippen LogP contribution in [0.25, 0.3) is 0 Å². The van der Waals surface area contributed by atoms with Gasteiger partial charge < -0.3 is 11.1 Å². The molecule has 118 valence electrons. The van der Waals surface area contributed by atoms with E-state index in [4.69, 9.17) is 17.3 Å². The van der Waals surface area contributed by atoms with E-state index in [0.29, 0.717) is 0 Å². The van der Waals surface area contributed by atoms with E-state index in [-0.39, 0.29) is 10.7 Å². The summed E-state index contributed by atoms with van der Waals surface area (Å²) in [6.07, 6.45) is -4.51. The monoisotopic (exact) mass is 322 g/mol. The average Bonchev–Trinajstić information content (AvgIpc) is 2.28. The molecule has 0 bridgehead atoms. The summed E-state index contributed by atoms with van der Waals surface area (Å²) in [4.78, 5) is 12.3. The van der Waals surface area contributed by atoms with Gasteiger partial charge in [0.2, 0.25) is 5.91 Å². The standard InChI is InChI=1S/C14H18ClF3N2O/c1-12(2,13(3,4)19)11(21)20-10-7-8(14(16,17)18)5-6-9(10)15/h5-7H,19H2,1-4H3,(H,20,21). The van der Waals surface area contributed by atoms with Gasteiger partial charge in [0.05, 0.1) is 21.7 Å². The van der Waals surface area contributed by atoms with Crippen LogP contribution in [0, 0.1) is 5.41 Å². The molecule has 0 saturated heterocycles. The molecular formula is C14H18ClF3N2O. The van der Waals surface area contributed by atoms with Crippen LogP contribution in [-0.2, 0) is 11.0 Å². The summed E-state index contributed by atoms with van der Waals surface area (Å²) in [7, 11) is 0. The van der Waals surface area contributed by atoms with Crippen LogP contribution in [-0.4, -0.2) is 11.4 Å². The van der Waals surface area contributed by atoms with E-state index in [2.05, 4.69) is 5.32 Å². The molecule has 0 aliphatic carbocycles. The normalized spacial score (nSPS) is 13.2. The minimum absolute atomic E-state index is 0.0296. The van der Waals surface area contributed by atoms with Gasteiger partial charge in [0.1, 0.15) is 0 Å². The molecule has 0 heterocycles. The first kappa shape index (κ1) is 17.8. The molecule has 0 aliphatic heterocycles. The third kappa shape index (κ3) is 3.89. The summed E-state index contributed by atoms with van der Waals surface area (Å²) in [6.45, 7) is 6.56. The van der Waals surface area contributed by atoms with Gasteiger partial charge in [-0.15, -0.1) is 0 Å². The van der Waals surface area contributed by atoms with E-state index in [0.717, 1.165) is 18.2 Å². The number of carbonyl (C=O) groups is 1. The molecular weight excluding hydrogens is 305 g/mol. The first-order valence-corrected chi connectivity index (χ1v) is 6.61. The van der Waals surface area contributed by atoms with Crippen LogP contribution in [0.2, 0.25) is 5.02 Å². The number of rotatable bonds is 3. The highest BCUT2D eigenvalue weighted by molar-refractivity contribution is 6.33. The molecule has 3 N–H and O–H groups in total. The van der Waals surface area contributed by atoms with Crippen LogP contribution < -0.4 is 11.1 Å². The zero-order chi connectivity index (χ0) is 16.6. The maximum Gasteiger partial charge on any atom is 0.416 e. The third-order valence-corrected chi connectivity index (χ3v) is 4.05. The van der Waals surface area contributed by atoms with Crippen molar-refractivity contribution in [3.8, 4) is 0 Å². The minimum Gasteiger partial charge on any atom is -0.325 e. The quantitative estimate of drug-likeness (QED) is 0.881. The van der Waals surface area contributed by atoms with E-state index in [1.165, 1.54) is 0 Å². The molecule has 0 saturated carbocycles. The van der Waals surface area contributed by atoms with Gasteiger partial charge in [-0.05, 0) is 45.9 Å². The number of hydrogen-bond acceptors (Lipinski definition) is 2. The number of nitrogens with one attached hydrogen (secondary N) is 1. The van der Waals surface area contributed by atoms with E-state index < -0.39 is 28.6 Å². The second kappa shape index (κ2) is 5.50. The Hall–Kier alpha value is -1.27. The Morgan fingerprint density at radius 1 is 1.19 bits per heavy atom. The molecule has 0 fully saturated rings. The van der Waals surface area contributed by atoms with E-state index >= 15 is 0 Å². The topological polar surface area (TPSA) is 55.1 Å². The van der Waals surface area contributed by atoms with Crippen LogP contribution in [0.4, 0.5) is 18.9 Å². The fourth-order valence-corrected chi connectivity index (χ4v) is 1.53. The van der Waals surface area contributed by atoms with Crippen LogP contribution in [0.15, 0.2) is 18.2 Å². The van der Waals surface area contributed by atoms with Gasteiger partial charge >= 0.3 is 6.18 Å². The highest BCUT2D eigenvalue weighted by atomic mass is 35.5. The van der Waals surface area contributed by atoms with Crippen molar-refractivity contribution in [2.75, 3.05) is 5.32 Å². The second-order valence-corrected chi connectivity index (χ2v) is 6.40. The molecule has 3 nitrogen and oxygen atoms in total. The van der Waals surface area contributed by atoms with Crippen LogP contribution in [0.3, 0.4) is 0 Å². The number of halogens is 4. The van der Waals surface area contributed by atoms with Crippen molar-refractivity contribution in [2.45, 2.75) is 39.4 Å². The van der Waals surface area contributed by atoms with Gasteiger partial charge in [-0.2, -0.15) is 13.2 Å². The van der Waals surface area contributed by atoms with E-state index in [1.54, 1.807) is 27.7 Å². The fraction of sp³-hybridized carbons (Fsp3) is 0.500. The van der Waals surface area contributed by atoms with Gasteiger partial charge in [-0.25, -0.2) is 0 Å². The molecule has 0 spiro atoms. The maximum absolute atomic E-state index is 12.7. The lowest BCUT2D eigenvalue weighted by molar-refractivity contribution is -0.137. The molecule has 0 aliphatic rings. The van der Waals surface area contributed by atoms with Gasteiger partial charge in [0.25, 0.3) is 0 Å². The number of alkyl halides is 3. The molecule has 1 aromatic carbocycles. The van der Waals surface area contributed by atoms with Crippen molar-refractivity contribution < 1.29 is 18.0 Å². The first-order valence-electron chi connectivity index (χ1n) is 6.24. The highest BCUT2D eigenvalue weighted by Crippen LogP contribution is 2.35. The molecule has 21 heavy (non-hydrogen) atoms. The summed E-state index contributed by atoms with van der Waals surface area (Å²) in [5, 5.41) is 2.45. The predicted octanol–water partition coefficient (Wildman–Crippen LogP) is 4.06. The summed E-state index contributed by atoms with van der Waals surface area (Å²) in [6, 6.07) is 2.76. The van der Waals surface area contributed by atoms with Crippen molar-refractivity contribution in [1.82, 2.24) is 0 Å². The average molecular weight is 323 g/mol. The molecule has 1 aromatic rings. The molecule has 0 unspecified atom stereocenters. The summed E-state index contributed by atoms with van der Waals surface area (Å²) >= 11 is 5.84. The molecule has 1 rings (SSSR count). The van der Waals surface area contributed by atoms with Gasteiger partial charge in [0, 0.05) is 5.54 Å². The van der Waals surface area contributed by atoms with Crippen LogP contribution in [0.1, 0.15) is 33.3 Å². The Kier molecular flexibility index (Phi) is 4.65. The lowest BCUT2D eigenvalue weighted by atomic mass is 9.74. The zero-order valence-corrected chi connectivity index (χ0v) is 13.0. The Morgan fingerprint density at radius 2 is 1.71 bits per heavy atom. The van der Waals surface area contributed by atoms with Gasteiger partial charge in [0.15, 0.2) is 0 Å². The number of nitrogens with two attached hydrogens (primary N) is 1. The molecule has 7 heteroatoms. The Labute approximate surface area is 126 Å². The van der Waals surface area contributed by atoms with Gasteiger partial charge in [-0.3, -0.25) is 4.79 Å². The summed E-state index contributed by atoms with van der Waals surface area (Å²) < 4.78 is 38.1. The molecule has 1 amide bonds. The highest BCUT2D eigenvalue weighted by Gasteiger charge is 2.40. The van der Waals surface area contributed by atoms with E-state index in [9.17, 15) is 18.0 Å². The van der Waals surface area contributed by atoms with E-state index in [1.807, 2.05) is 0 Å². The fourth-order valence-electron chi connectivity index (χ4n) is 1.37. The van der Waals surface area contributed by atoms with Crippen LogP contribution in [0.5, 0.6) is 0 Å². The SMILES string of the molecule is CC(C)(N)C(C)(C)C(=O)Nc1cc(C(F)(F)F)ccc1Cl. The van der Waals surface area contributed by atoms with Crippen molar-refractivity contribution in [3.63, 3.8) is 0 Å². The Bertz CT molecular complexity index is 548. The predicted molar refractivity (Wildman–Crippen MR) is 77.1 cm³/mol. The number of hydrogen-bond donors (Lipinski definition) is 2. The Morgan fingerprint density at radius 3 is 2.14 bits per heavy atom. The summed E-state index contributed by atoms with van der Waals surface area (Å²) in [5.74, 6) is -0.503. The second-order valence-electron chi connectivity index (χ2n) is 5.99. The van der Waals surface area contributed by atoms with Crippen molar-refractivity contribution >= 4 is 23.2 Å². The molecule has 0 aromatic heterocycles. The smallest absolute Gasteiger partial charge is 0.325 e. The Balaban J connectivity index is 3.12. The minimum atomic E-state index is -4.51. The maximum atomic E-state index is 12.7. The number of carbonyl (C=O) groups excluding carboxylic acids is 1. The molecule has 0 radical (unpaired) electrons. The lowest BCUT2D eigenvalue weighted by Crippen LogP contribution is -2.53. The number of amides is 1. The van der Waals surface area contributed by atoms with Gasteiger partial charge in [-0.1, -0.05) is 11.6 Å². The number of anilines is 1. The molecule has 0 atom stereocenters. The number of benzene rings is 1. The zero-order valence-electron chi connectivity index (χ0n) is 12.2. The largest absolute Gasteiger partial charge is 0.416 e. The summed E-state index contributed by atoms with van der Waals surface area (Å²) in [5.41, 5.74) is 3.11. The van der Waals surface area contributed by atoms with Crippen molar-refractivity contribution in [3.05, 3.63) is 28.8 Å².